The van der Waals surface area contributed by atoms with Crippen molar-refractivity contribution in [3.8, 4) is 0 Å². The molecule has 2 aromatic carbocycles. The van der Waals surface area contributed by atoms with Gasteiger partial charge >= 0.3 is 0 Å². The minimum absolute atomic E-state index is 0.246. The zero-order valence-electron chi connectivity index (χ0n) is 16.8. The monoisotopic (exact) mass is 438 g/mol. The Morgan fingerprint density at radius 2 is 1.84 bits per heavy atom. The summed E-state index contributed by atoms with van der Waals surface area (Å²) in [6, 6.07) is 13.9. The molecule has 0 aliphatic rings. The smallest absolute Gasteiger partial charge is 0.256 e. The van der Waals surface area contributed by atoms with E-state index in [1.54, 1.807) is 30.1 Å². The van der Waals surface area contributed by atoms with Crippen LogP contribution < -0.4 is 5.32 Å². The first-order valence-corrected chi connectivity index (χ1v) is 10.0. The van der Waals surface area contributed by atoms with Gasteiger partial charge in [0.25, 0.3) is 5.91 Å². The van der Waals surface area contributed by atoms with E-state index in [0.29, 0.717) is 30.9 Å². The first-order valence-electron chi connectivity index (χ1n) is 9.66. The number of rotatable bonds is 7. The molecule has 0 aliphatic heterocycles. The lowest BCUT2D eigenvalue weighted by atomic mass is 10.1. The molecule has 0 spiro atoms. The van der Waals surface area contributed by atoms with E-state index in [1.165, 1.54) is 23.1 Å². The molecule has 0 unspecified atom stereocenters. The highest BCUT2D eigenvalue weighted by atomic mass is 35.5. The van der Waals surface area contributed by atoms with Crippen molar-refractivity contribution < 1.29 is 9.18 Å². The number of hydrogen-bond donors (Lipinski definition) is 1. The van der Waals surface area contributed by atoms with Crippen molar-refractivity contribution >= 4 is 17.5 Å². The fraction of sp³-hybridized carbons (Fsp3) is 0.182. The highest BCUT2D eigenvalue weighted by molar-refractivity contribution is 6.33. The summed E-state index contributed by atoms with van der Waals surface area (Å²) in [5.74, 6) is -0.612. The van der Waals surface area contributed by atoms with Crippen LogP contribution in [0, 0.1) is 12.7 Å². The topological polar surface area (TPSA) is 77.6 Å². The van der Waals surface area contributed by atoms with E-state index in [0.717, 1.165) is 16.7 Å². The van der Waals surface area contributed by atoms with Crippen LogP contribution in [0.2, 0.25) is 5.15 Å². The second kappa shape index (κ2) is 9.09. The number of carbonyl (C=O) groups is 1. The maximum Gasteiger partial charge on any atom is 0.256 e. The lowest BCUT2D eigenvalue weighted by Gasteiger charge is -2.11. The predicted molar refractivity (Wildman–Crippen MR) is 114 cm³/mol. The van der Waals surface area contributed by atoms with Crippen LogP contribution in [-0.2, 0) is 19.6 Å². The molecule has 0 radical (unpaired) electrons. The molecular weight excluding hydrogens is 419 g/mol. The zero-order chi connectivity index (χ0) is 21.8. The second-order valence-corrected chi connectivity index (χ2v) is 7.44. The fourth-order valence-corrected chi connectivity index (χ4v) is 3.64. The Balaban J connectivity index is 1.47. The fourth-order valence-electron chi connectivity index (χ4n) is 3.32. The van der Waals surface area contributed by atoms with Gasteiger partial charge in [-0.1, -0.05) is 48.0 Å². The summed E-state index contributed by atoms with van der Waals surface area (Å²) >= 11 is 6.46. The van der Waals surface area contributed by atoms with Crippen molar-refractivity contribution in [2.24, 2.45) is 0 Å². The van der Waals surface area contributed by atoms with Crippen molar-refractivity contribution in [3.63, 3.8) is 0 Å². The SMILES string of the molecule is Cc1nn(Cc2ccc(F)cc2)c(Cl)c1C(=O)NCc1ccccc1Cn1cncn1. The van der Waals surface area contributed by atoms with Gasteiger partial charge in [0.2, 0.25) is 0 Å². The molecule has 4 rings (SSSR count). The number of carbonyl (C=O) groups excluding carboxylic acids is 1. The predicted octanol–water partition coefficient (Wildman–Crippen LogP) is 3.60. The van der Waals surface area contributed by atoms with E-state index in [-0.39, 0.29) is 16.9 Å². The Labute approximate surface area is 183 Å². The van der Waals surface area contributed by atoms with Gasteiger partial charge in [0.1, 0.15) is 23.6 Å². The summed E-state index contributed by atoms with van der Waals surface area (Å²) in [6.07, 6.45) is 3.13. The third kappa shape index (κ3) is 4.80. The van der Waals surface area contributed by atoms with Crippen molar-refractivity contribution in [1.82, 2.24) is 29.9 Å². The summed E-state index contributed by atoms with van der Waals surface area (Å²) in [4.78, 5) is 16.8. The Morgan fingerprint density at radius 3 is 2.55 bits per heavy atom. The lowest BCUT2D eigenvalue weighted by Crippen LogP contribution is -2.24. The maximum absolute atomic E-state index is 13.1. The van der Waals surface area contributed by atoms with Gasteiger partial charge in [0.05, 0.1) is 24.3 Å². The quantitative estimate of drug-likeness (QED) is 0.478. The number of aryl methyl sites for hydroxylation is 1. The molecule has 9 heteroatoms. The van der Waals surface area contributed by atoms with E-state index >= 15 is 0 Å². The Hall–Kier alpha value is -3.52. The van der Waals surface area contributed by atoms with Gasteiger partial charge in [-0.15, -0.1) is 0 Å². The van der Waals surface area contributed by atoms with Crippen molar-refractivity contribution in [2.75, 3.05) is 0 Å². The highest BCUT2D eigenvalue weighted by Crippen LogP contribution is 2.21. The van der Waals surface area contributed by atoms with Gasteiger partial charge in [0, 0.05) is 6.54 Å². The molecule has 0 aliphatic carbocycles. The van der Waals surface area contributed by atoms with Crippen molar-refractivity contribution in [3.05, 3.63) is 100 Å². The minimum atomic E-state index is -0.310. The van der Waals surface area contributed by atoms with Crippen LogP contribution >= 0.6 is 11.6 Å². The van der Waals surface area contributed by atoms with Crippen LogP contribution in [0.1, 0.15) is 32.7 Å². The van der Waals surface area contributed by atoms with Gasteiger partial charge in [-0.25, -0.2) is 18.7 Å². The molecule has 1 amide bonds. The first kappa shape index (κ1) is 20.7. The molecule has 31 heavy (non-hydrogen) atoms. The minimum Gasteiger partial charge on any atom is -0.348 e. The number of aromatic nitrogens is 5. The number of benzene rings is 2. The summed E-state index contributed by atoms with van der Waals surface area (Å²) < 4.78 is 16.4. The summed E-state index contributed by atoms with van der Waals surface area (Å²) in [7, 11) is 0. The van der Waals surface area contributed by atoms with E-state index in [9.17, 15) is 9.18 Å². The molecule has 0 saturated carbocycles. The zero-order valence-corrected chi connectivity index (χ0v) is 17.6. The molecule has 1 N–H and O–H groups in total. The van der Waals surface area contributed by atoms with Crippen molar-refractivity contribution in [1.29, 1.82) is 0 Å². The molecule has 0 atom stereocenters. The van der Waals surface area contributed by atoms with Gasteiger partial charge in [-0.3, -0.25) is 4.79 Å². The van der Waals surface area contributed by atoms with Crippen LogP contribution in [0.4, 0.5) is 4.39 Å². The summed E-state index contributed by atoms with van der Waals surface area (Å²) in [5, 5.41) is 11.7. The van der Waals surface area contributed by atoms with E-state index in [1.807, 2.05) is 24.3 Å². The first-order chi connectivity index (χ1) is 15.0. The Bertz CT molecular complexity index is 1190. The Kier molecular flexibility index (Phi) is 6.08. The lowest BCUT2D eigenvalue weighted by molar-refractivity contribution is 0.0950. The molecule has 0 saturated heterocycles. The molecule has 2 aromatic heterocycles. The van der Waals surface area contributed by atoms with E-state index in [2.05, 4.69) is 20.5 Å². The number of nitrogens with one attached hydrogen (secondary N) is 1. The normalized spacial score (nSPS) is 10.9. The second-order valence-electron chi connectivity index (χ2n) is 7.08. The number of amides is 1. The average molecular weight is 439 g/mol. The molecule has 4 aromatic rings. The molecule has 7 nitrogen and oxygen atoms in total. The number of nitrogens with zero attached hydrogens (tertiary/aromatic N) is 5. The van der Waals surface area contributed by atoms with Crippen molar-refractivity contribution in [2.45, 2.75) is 26.6 Å². The highest BCUT2D eigenvalue weighted by Gasteiger charge is 2.20. The van der Waals surface area contributed by atoms with Crippen LogP contribution in [0.25, 0.3) is 0 Å². The van der Waals surface area contributed by atoms with Gasteiger partial charge in [-0.05, 0) is 35.7 Å². The van der Waals surface area contributed by atoms with Gasteiger partial charge < -0.3 is 5.32 Å². The third-order valence-corrected chi connectivity index (χ3v) is 5.28. The van der Waals surface area contributed by atoms with Crippen LogP contribution in [0.15, 0.2) is 61.2 Å². The molecule has 2 heterocycles. The van der Waals surface area contributed by atoms with Crippen LogP contribution in [0.3, 0.4) is 0 Å². The van der Waals surface area contributed by atoms with E-state index < -0.39 is 0 Å². The Morgan fingerprint density at radius 1 is 1.10 bits per heavy atom. The van der Waals surface area contributed by atoms with E-state index in [4.69, 9.17) is 11.6 Å². The number of halogens is 2. The molecule has 158 valence electrons. The van der Waals surface area contributed by atoms with Crippen LogP contribution in [0.5, 0.6) is 0 Å². The summed E-state index contributed by atoms with van der Waals surface area (Å²) in [6.45, 7) is 2.97. The maximum atomic E-state index is 13.1. The molecular formula is C22H20ClFN6O. The number of hydrogen-bond acceptors (Lipinski definition) is 4. The molecule has 0 bridgehead atoms. The van der Waals surface area contributed by atoms with Gasteiger partial charge in [0.15, 0.2) is 0 Å². The van der Waals surface area contributed by atoms with Crippen LogP contribution in [-0.4, -0.2) is 30.5 Å². The third-order valence-electron chi connectivity index (χ3n) is 4.89. The molecule has 0 fully saturated rings. The van der Waals surface area contributed by atoms with Gasteiger partial charge in [-0.2, -0.15) is 10.2 Å². The average Bonchev–Trinajstić information content (AvgIpc) is 3.36. The standard InChI is InChI=1S/C22H20ClFN6O/c1-15-20(21(23)30(28-15)11-16-6-8-19(24)9-7-16)22(31)26-10-17-4-2-3-5-18(17)12-29-14-25-13-27-29/h2-9,13-14H,10-12H2,1H3,(H,26,31). The summed E-state index contributed by atoms with van der Waals surface area (Å²) in [5.41, 5.74) is 3.69. The largest absolute Gasteiger partial charge is 0.348 e.